The van der Waals surface area contributed by atoms with Crippen LogP contribution in [-0.2, 0) is 4.79 Å². The highest BCUT2D eigenvalue weighted by Crippen LogP contribution is 2.21. The van der Waals surface area contributed by atoms with Crippen LogP contribution >= 0.6 is 15.9 Å². The molecule has 0 bridgehead atoms. The van der Waals surface area contributed by atoms with Crippen LogP contribution in [0, 0.1) is 0 Å². The molecular formula is C12H12BrNO2. The summed E-state index contributed by atoms with van der Waals surface area (Å²) in [5.41, 5.74) is 1.52. The van der Waals surface area contributed by atoms with Gasteiger partial charge in [0.25, 0.3) is 0 Å². The van der Waals surface area contributed by atoms with Gasteiger partial charge in [-0.15, -0.1) is 0 Å². The van der Waals surface area contributed by atoms with Crippen LogP contribution in [-0.4, -0.2) is 18.7 Å². The van der Waals surface area contributed by atoms with E-state index in [4.69, 9.17) is 0 Å². The summed E-state index contributed by atoms with van der Waals surface area (Å²) in [6.45, 7) is 1.95. The number of hydrogen-bond acceptors (Lipinski definition) is 2. The number of carbonyl (C=O) groups is 2. The first-order valence-corrected chi connectivity index (χ1v) is 5.59. The van der Waals surface area contributed by atoms with Crippen LogP contribution in [0.2, 0.25) is 0 Å². The molecule has 1 aromatic carbocycles. The lowest BCUT2D eigenvalue weighted by Gasteiger charge is -2.01. The van der Waals surface area contributed by atoms with Gasteiger partial charge in [-0.2, -0.15) is 0 Å². The summed E-state index contributed by atoms with van der Waals surface area (Å²) in [4.78, 5) is 21.3. The van der Waals surface area contributed by atoms with Gasteiger partial charge in [-0.05, 0) is 21.5 Å². The Hall–Kier alpha value is -1.42. The van der Waals surface area contributed by atoms with Crippen molar-refractivity contribution in [3.63, 3.8) is 0 Å². The van der Waals surface area contributed by atoms with Crippen LogP contribution < -0.4 is 5.32 Å². The molecule has 84 valence electrons. The fourth-order valence-corrected chi connectivity index (χ4v) is 1.67. The minimum Gasteiger partial charge on any atom is -0.353 e. The molecule has 0 saturated carbocycles. The van der Waals surface area contributed by atoms with Crippen LogP contribution in [0.4, 0.5) is 0 Å². The molecule has 0 spiro atoms. The third-order valence-electron chi connectivity index (χ3n) is 1.95. The predicted octanol–water partition coefficient (Wildman–Crippen LogP) is 2.41. The fraction of sp³-hybridized carbons (Fsp3) is 0.167. The quantitative estimate of drug-likeness (QED) is 0.862. The van der Waals surface area contributed by atoms with Crippen molar-refractivity contribution in [3.05, 3.63) is 39.9 Å². The lowest BCUT2D eigenvalue weighted by molar-refractivity contribution is -0.118. The van der Waals surface area contributed by atoms with E-state index in [0.29, 0.717) is 12.1 Å². The molecule has 16 heavy (non-hydrogen) atoms. The molecular weight excluding hydrogens is 270 g/mol. The highest BCUT2D eigenvalue weighted by molar-refractivity contribution is 9.10. The van der Waals surface area contributed by atoms with Crippen molar-refractivity contribution in [2.24, 2.45) is 0 Å². The second-order valence-electron chi connectivity index (χ2n) is 3.21. The number of halogens is 1. The van der Waals surface area contributed by atoms with E-state index in [2.05, 4.69) is 21.2 Å². The zero-order valence-corrected chi connectivity index (χ0v) is 10.5. The molecule has 0 heterocycles. The largest absolute Gasteiger partial charge is 0.353 e. The Morgan fingerprint density at radius 3 is 2.75 bits per heavy atom. The summed E-state index contributed by atoms with van der Waals surface area (Å²) in [5, 5.41) is 2.65. The molecule has 0 aliphatic rings. The molecule has 0 aliphatic carbocycles. The van der Waals surface area contributed by atoms with Gasteiger partial charge in [-0.25, -0.2) is 0 Å². The van der Waals surface area contributed by atoms with E-state index in [-0.39, 0.29) is 5.91 Å². The fourth-order valence-electron chi connectivity index (χ4n) is 1.18. The van der Waals surface area contributed by atoms with Crippen molar-refractivity contribution >= 4 is 34.2 Å². The van der Waals surface area contributed by atoms with Crippen molar-refractivity contribution in [1.82, 2.24) is 5.32 Å². The van der Waals surface area contributed by atoms with Crippen molar-refractivity contribution in [1.29, 1.82) is 0 Å². The van der Waals surface area contributed by atoms with E-state index in [1.807, 2.05) is 24.3 Å². The van der Waals surface area contributed by atoms with E-state index in [1.54, 1.807) is 6.07 Å². The van der Waals surface area contributed by atoms with E-state index in [0.717, 1.165) is 16.3 Å². The molecule has 1 N–H and O–H groups in total. The molecule has 3 nitrogen and oxygen atoms in total. The first kappa shape index (κ1) is 12.6. The van der Waals surface area contributed by atoms with Crippen molar-refractivity contribution < 1.29 is 9.59 Å². The Kier molecular flexibility index (Phi) is 4.92. The molecule has 1 aromatic rings. The third kappa shape index (κ3) is 3.62. The Labute approximate surface area is 103 Å². The number of hydrogen-bond donors (Lipinski definition) is 1. The number of aldehydes is 1. The van der Waals surface area contributed by atoms with Crippen molar-refractivity contribution in [2.45, 2.75) is 6.92 Å². The van der Waals surface area contributed by atoms with E-state index < -0.39 is 0 Å². The number of carbonyl (C=O) groups excluding carboxylic acids is 2. The van der Waals surface area contributed by atoms with Gasteiger partial charge in [-0.3, -0.25) is 9.59 Å². The molecule has 0 aliphatic heterocycles. The number of rotatable bonds is 4. The average molecular weight is 282 g/mol. The summed E-state index contributed by atoms with van der Waals surface area (Å²) in [7, 11) is 0. The van der Waals surface area contributed by atoms with Crippen molar-refractivity contribution in [2.75, 3.05) is 6.54 Å². The monoisotopic (exact) mass is 281 g/mol. The molecule has 1 amide bonds. The summed E-state index contributed by atoms with van der Waals surface area (Å²) >= 11 is 3.35. The summed E-state index contributed by atoms with van der Waals surface area (Å²) in [6, 6.07) is 5.44. The van der Waals surface area contributed by atoms with Gasteiger partial charge < -0.3 is 5.32 Å². The Balaban J connectivity index is 2.73. The van der Waals surface area contributed by atoms with E-state index >= 15 is 0 Å². The van der Waals surface area contributed by atoms with Crippen LogP contribution in [0.25, 0.3) is 6.08 Å². The normalized spacial score (nSPS) is 10.4. The maximum absolute atomic E-state index is 10.7. The van der Waals surface area contributed by atoms with Crippen molar-refractivity contribution in [3.8, 4) is 0 Å². The lowest BCUT2D eigenvalue weighted by Crippen LogP contribution is -2.19. The number of nitrogens with one attached hydrogen (secondary N) is 1. The Bertz CT molecular complexity index is 427. The second-order valence-corrected chi connectivity index (χ2v) is 4.00. The van der Waals surface area contributed by atoms with Gasteiger partial charge in [-0.1, -0.05) is 30.4 Å². The standard InChI is InChI=1S/C12H12BrNO2/c1-9(16)14-7-3-6-10-4-2-5-11(8-15)12(10)13/h2-6,8H,7H2,1H3,(H,14,16). The maximum Gasteiger partial charge on any atom is 0.217 e. The molecule has 0 aromatic heterocycles. The third-order valence-corrected chi connectivity index (χ3v) is 2.87. The first-order chi connectivity index (χ1) is 7.65. The SMILES string of the molecule is CC(=O)NCC=Cc1cccc(C=O)c1Br. The van der Waals surface area contributed by atoms with Crippen LogP contribution in [0.5, 0.6) is 0 Å². The molecule has 4 heteroatoms. The Morgan fingerprint density at radius 1 is 1.44 bits per heavy atom. The first-order valence-electron chi connectivity index (χ1n) is 4.80. The highest BCUT2D eigenvalue weighted by Gasteiger charge is 2.01. The molecule has 0 radical (unpaired) electrons. The smallest absolute Gasteiger partial charge is 0.217 e. The topological polar surface area (TPSA) is 46.2 Å². The molecule has 0 fully saturated rings. The van der Waals surface area contributed by atoms with E-state index in [9.17, 15) is 9.59 Å². The highest BCUT2D eigenvalue weighted by atomic mass is 79.9. The second kappa shape index (κ2) is 6.23. The summed E-state index contributed by atoms with van der Waals surface area (Å²) in [5.74, 6) is -0.0645. The van der Waals surface area contributed by atoms with Crippen LogP contribution in [0.15, 0.2) is 28.7 Å². The zero-order chi connectivity index (χ0) is 12.0. The maximum atomic E-state index is 10.7. The van der Waals surface area contributed by atoms with Crippen LogP contribution in [0.1, 0.15) is 22.8 Å². The molecule has 0 saturated heterocycles. The van der Waals surface area contributed by atoms with Gasteiger partial charge in [0.05, 0.1) is 0 Å². The van der Waals surface area contributed by atoms with Crippen LogP contribution in [0.3, 0.4) is 0 Å². The minimum absolute atomic E-state index is 0.0645. The molecule has 0 atom stereocenters. The lowest BCUT2D eigenvalue weighted by atomic mass is 10.1. The van der Waals surface area contributed by atoms with Gasteiger partial charge in [0.15, 0.2) is 6.29 Å². The zero-order valence-electron chi connectivity index (χ0n) is 8.87. The Morgan fingerprint density at radius 2 is 2.12 bits per heavy atom. The summed E-state index contributed by atoms with van der Waals surface area (Å²) in [6.07, 6.45) is 4.48. The molecule has 0 unspecified atom stereocenters. The predicted molar refractivity (Wildman–Crippen MR) is 67.2 cm³/mol. The molecule has 1 rings (SSSR count). The number of benzene rings is 1. The number of amides is 1. The van der Waals surface area contributed by atoms with Gasteiger partial charge in [0.1, 0.15) is 0 Å². The van der Waals surface area contributed by atoms with Gasteiger partial charge in [0.2, 0.25) is 5.91 Å². The summed E-state index contributed by atoms with van der Waals surface area (Å²) < 4.78 is 0.768. The van der Waals surface area contributed by atoms with E-state index in [1.165, 1.54) is 6.92 Å². The minimum atomic E-state index is -0.0645. The van der Waals surface area contributed by atoms with Gasteiger partial charge >= 0.3 is 0 Å². The average Bonchev–Trinajstić information content (AvgIpc) is 2.26. The van der Waals surface area contributed by atoms with Gasteiger partial charge in [0, 0.05) is 23.5 Å².